The van der Waals surface area contributed by atoms with E-state index >= 15 is 0 Å². The molecule has 1 fully saturated rings. The number of aromatic nitrogens is 4. The van der Waals surface area contributed by atoms with Gasteiger partial charge in [0.25, 0.3) is 5.56 Å². The van der Waals surface area contributed by atoms with Gasteiger partial charge in [-0.3, -0.25) is 9.48 Å². The van der Waals surface area contributed by atoms with E-state index in [0.717, 1.165) is 6.08 Å². The fourth-order valence-corrected chi connectivity index (χ4v) is 3.54. The molecule has 0 spiro atoms. The number of alkyl halides is 1. The Bertz CT molecular complexity index is 1450. The van der Waals surface area contributed by atoms with Crippen molar-refractivity contribution in [3.63, 3.8) is 0 Å². The number of aromatic amines is 1. The Labute approximate surface area is 197 Å². The summed E-state index contributed by atoms with van der Waals surface area (Å²) in [5.41, 5.74) is 7.82. The van der Waals surface area contributed by atoms with Crippen molar-refractivity contribution in [2.75, 3.05) is 0 Å². The van der Waals surface area contributed by atoms with Gasteiger partial charge >= 0.3 is 0 Å². The first-order valence-corrected chi connectivity index (χ1v) is 10.6. The average molecular weight is 485 g/mol. The number of nitrogens with one attached hydrogen (secondary N) is 1. The molecule has 2 heterocycles. The van der Waals surface area contributed by atoms with Crippen molar-refractivity contribution in [3.8, 4) is 17.2 Å². The van der Waals surface area contributed by atoms with Crippen LogP contribution in [0.4, 0.5) is 8.78 Å². The number of halogens is 3. The third kappa shape index (κ3) is 4.62. The maximum Gasteiger partial charge on any atom is 0.272 e. The molecule has 0 bridgehead atoms. The topological polar surface area (TPSA) is 123 Å². The summed E-state index contributed by atoms with van der Waals surface area (Å²) in [5.74, 6) is -0.0571. The zero-order chi connectivity index (χ0) is 24.4. The lowest BCUT2D eigenvalue weighted by atomic mass is 10.0. The molecule has 0 aliphatic heterocycles. The van der Waals surface area contributed by atoms with Crippen LogP contribution in [0.15, 0.2) is 58.0 Å². The molecule has 0 radical (unpaired) electrons. The van der Waals surface area contributed by atoms with E-state index in [1.54, 1.807) is 31.4 Å². The summed E-state index contributed by atoms with van der Waals surface area (Å²) < 4.78 is 33.4. The second-order valence-corrected chi connectivity index (χ2v) is 8.05. The van der Waals surface area contributed by atoms with Gasteiger partial charge in [0, 0.05) is 37.0 Å². The first kappa shape index (κ1) is 23.4. The molecule has 2 aromatic heterocycles. The summed E-state index contributed by atoms with van der Waals surface area (Å²) >= 11 is 5.78. The fourth-order valence-electron chi connectivity index (χ4n) is 3.44. The quantitative estimate of drug-likeness (QED) is 0.299. The Morgan fingerprint density at radius 2 is 2.24 bits per heavy atom. The Balaban J connectivity index is 1.83. The second kappa shape index (κ2) is 9.59. The number of ether oxygens (including phenoxy) is 1. The Morgan fingerprint density at radius 1 is 1.47 bits per heavy atom. The highest BCUT2D eigenvalue weighted by Crippen LogP contribution is 2.35. The van der Waals surface area contributed by atoms with Gasteiger partial charge in [0.05, 0.1) is 33.6 Å². The number of aryl methyl sites for hydroxylation is 1. The van der Waals surface area contributed by atoms with Crippen LogP contribution in [-0.4, -0.2) is 32.3 Å². The van der Waals surface area contributed by atoms with Crippen molar-refractivity contribution >= 4 is 28.4 Å². The average Bonchev–Trinajstić information content (AvgIpc) is 3.41. The predicted molar refractivity (Wildman–Crippen MR) is 124 cm³/mol. The smallest absolute Gasteiger partial charge is 0.272 e. The number of hydrogen-bond donors (Lipinski definition) is 2. The molecule has 11 heteroatoms. The lowest BCUT2D eigenvalue weighted by Gasteiger charge is -2.10. The number of allylic oxidation sites excluding steroid dienone is 3. The normalized spacial score (nSPS) is 18.8. The Kier molecular flexibility index (Phi) is 6.58. The third-order valence-electron chi connectivity index (χ3n) is 5.33. The first-order chi connectivity index (χ1) is 16.4. The molecule has 8 nitrogen and oxygen atoms in total. The van der Waals surface area contributed by atoms with Crippen LogP contribution in [0.5, 0.6) is 0 Å². The first-order valence-electron chi connectivity index (χ1n) is 10.2. The predicted octanol–water partition coefficient (Wildman–Crippen LogP) is 3.75. The molecule has 0 saturated heterocycles. The highest BCUT2D eigenvalue weighted by molar-refractivity contribution is 6.31. The van der Waals surface area contributed by atoms with Gasteiger partial charge in [0.2, 0.25) is 0 Å². The zero-order valence-corrected chi connectivity index (χ0v) is 18.7. The molecule has 0 amide bonds. The molecule has 3 N–H and O–H groups in total. The van der Waals surface area contributed by atoms with Gasteiger partial charge in [0.15, 0.2) is 0 Å². The molecule has 0 unspecified atom stereocenters. The number of H-pyrrole nitrogens is 1. The zero-order valence-electron chi connectivity index (χ0n) is 17.9. The molecule has 34 heavy (non-hydrogen) atoms. The maximum absolute atomic E-state index is 13.4. The molecule has 1 aliphatic rings. The van der Waals surface area contributed by atoms with Crippen molar-refractivity contribution in [1.82, 2.24) is 20.0 Å². The van der Waals surface area contributed by atoms with Crippen molar-refractivity contribution in [1.29, 1.82) is 5.26 Å². The summed E-state index contributed by atoms with van der Waals surface area (Å²) in [6.07, 6.45) is 2.66. The number of rotatable bonds is 7. The highest BCUT2D eigenvalue weighted by Gasteiger charge is 2.41. The van der Waals surface area contributed by atoms with Crippen LogP contribution in [0.2, 0.25) is 0 Å². The van der Waals surface area contributed by atoms with Crippen molar-refractivity contribution in [2.45, 2.75) is 25.2 Å². The van der Waals surface area contributed by atoms with Crippen LogP contribution >= 0.6 is 11.6 Å². The summed E-state index contributed by atoms with van der Waals surface area (Å²) in [6.45, 7) is 0.125. The van der Waals surface area contributed by atoms with Crippen LogP contribution in [0.25, 0.3) is 28.0 Å². The number of nitrogens with zero attached hydrogens (tertiary/aromatic N) is 4. The van der Waals surface area contributed by atoms with Crippen LogP contribution in [0, 0.1) is 11.3 Å². The summed E-state index contributed by atoms with van der Waals surface area (Å²) in [6, 6.07) is 7.17. The minimum Gasteiger partial charge on any atom is -0.486 e. The number of fused-ring (bicyclic) bond motifs is 1. The van der Waals surface area contributed by atoms with Gasteiger partial charge in [-0.1, -0.05) is 17.7 Å². The number of nitrogens with two attached hydrogens (primary N) is 1. The molecule has 3 aromatic rings. The second-order valence-electron chi connectivity index (χ2n) is 7.61. The number of benzene rings is 1. The third-order valence-corrected chi connectivity index (χ3v) is 5.52. The van der Waals surface area contributed by atoms with Crippen molar-refractivity contribution in [2.24, 2.45) is 12.8 Å². The van der Waals surface area contributed by atoms with E-state index in [1.807, 2.05) is 6.07 Å². The molecule has 174 valence electrons. The van der Waals surface area contributed by atoms with Crippen molar-refractivity contribution < 1.29 is 13.5 Å². The minimum absolute atomic E-state index is 0.00509. The van der Waals surface area contributed by atoms with Crippen LogP contribution < -0.4 is 11.3 Å². The van der Waals surface area contributed by atoms with E-state index in [2.05, 4.69) is 15.3 Å². The SMILES string of the molecule is Cn1ncc(-c2ccc3c(=O)[nH]nc(CN)c3c2)c1/C=C(C#N)/C(=C\C(Cl)=C\F)O[C@H]1C[C@H]1F. The van der Waals surface area contributed by atoms with E-state index < -0.39 is 12.3 Å². The summed E-state index contributed by atoms with van der Waals surface area (Å²) in [7, 11) is 1.68. The van der Waals surface area contributed by atoms with Gasteiger partial charge in [-0.25, -0.2) is 13.9 Å². The summed E-state index contributed by atoms with van der Waals surface area (Å²) in [4.78, 5) is 12.1. The van der Waals surface area contributed by atoms with Crippen molar-refractivity contribution in [3.05, 3.63) is 74.9 Å². The van der Waals surface area contributed by atoms with Gasteiger partial charge in [-0.15, -0.1) is 0 Å². The van der Waals surface area contributed by atoms with E-state index in [9.17, 15) is 18.8 Å². The van der Waals surface area contributed by atoms with Gasteiger partial charge in [0.1, 0.15) is 30.4 Å². The molecular weight excluding hydrogens is 466 g/mol. The monoisotopic (exact) mass is 484 g/mol. The van der Waals surface area contributed by atoms with E-state index in [-0.39, 0.29) is 41.2 Å². The van der Waals surface area contributed by atoms with Crippen LogP contribution in [0.3, 0.4) is 0 Å². The standard InChI is InChI=1S/C23H19ClF2N6O2/c1-32-20(5-13(9-27)21(6-14(24)8-25)34-22-7-18(22)26)17(11-29-32)12-2-3-15-16(4-12)19(10-28)30-31-23(15)33/h2-6,8,11,18,22H,7,10,28H2,1H3,(H,31,33)/b13-5+,14-8-,21-6+/t18-,22+/m1/s1. The van der Waals surface area contributed by atoms with Gasteiger partial charge in [-0.05, 0) is 23.8 Å². The van der Waals surface area contributed by atoms with Gasteiger partial charge in [-0.2, -0.15) is 15.5 Å². The van der Waals surface area contributed by atoms with Crippen LogP contribution in [0.1, 0.15) is 17.8 Å². The minimum atomic E-state index is -1.16. The Morgan fingerprint density at radius 3 is 2.88 bits per heavy atom. The lowest BCUT2D eigenvalue weighted by Crippen LogP contribution is -2.13. The lowest BCUT2D eigenvalue weighted by molar-refractivity contribution is 0.179. The molecule has 1 saturated carbocycles. The fraction of sp³-hybridized carbons (Fsp3) is 0.217. The van der Waals surface area contributed by atoms with Gasteiger partial charge < -0.3 is 10.5 Å². The van der Waals surface area contributed by atoms with E-state index in [0.29, 0.717) is 33.3 Å². The number of nitriles is 1. The molecule has 4 rings (SSSR count). The van der Waals surface area contributed by atoms with Crippen LogP contribution in [-0.2, 0) is 18.3 Å². The highest BCUT2D eigenvalue weighted by atomic mass is 35.5. The molecular formula is C23H19ClF2N6O2. The largest absolute Gasteiger partial charge is 0.486 e. The number of hydrogen-bond acceptors (Lipinski definition) is 6. The summed E-state index contributed by atoms with van der Waals surface area (Å²) in [5, 5.41) is 21.2. The molecule has 1 aromatic carbocycles. The van der Waals surface area contributed by atoms with E-state index in [4.69, 9.17) is 22.1 Å². The Hall–Kier alpha value is -3.81. The molecule has 2 atom stereocenters. The molecule has 1 aliphatic carbocycles. The maximum atomic E-state index is 13.4. The van der Waals surface area contributed by atoms with E-state index in [1.165, 1.54) is 10.8 Å².